The molecule has 0 amide bonds. The SMILES string of the molecule is CN1CCN(C2=CC=NCc3ccccc32)CC1. The van der Waals surface area contributed by atoms with Crippen LogP contribution in [0.5, 0.6) is 0 Å². The highest BCUT2D eigenvalue weighted by molar-refractivity contribution is 5.86. The summed E-state index contributed by atoms with van der Waals surface area (Å²) < 4.78 is 0. The Labute approximate surface area is 108 Å². The molecule has 2 aliphatic heterocycles. The van der Waals surface area contributed by atoms with Crippen LogP contribution in [0, 0.1) is 0 Å². The lowest BCUT2D eigenvalue weighted by atomic mass is 10.0. The Kier molecular flexibility index (Phi) is 3.15. The van der Waals surface area contributed by atoms with E-state index >= 15 is 0 Å². The maximum Gasteiger partial charge on any atom is 0.0646 e. The van der Waals surface area contributed by atoms with Crippen molar-refractivity contribution in [3.05, 3.63) is 41.5 Å². The van der Waals surface area contributed by atoms with E-state index in [-0.39, 0.29) is 0 Å². The van der Waals surface area contributed by atoms with Crippen molar-refractivity contribution in [1.29, 1.82) is 0 Å². The topological polar surface area (TPSA) is 18.8 Å². The number of allylic oxidation sites excluding steroid dienone is 1. The highest BCUT2D eigenvalue weighted by atomic mass is 15.3. The van der Waals surface area contributed by atoms with Gasteiger partial charge in [0.05, 0.1) is 6.54 Å². The first-order valence-electron chi connectivity index (χ1n) is 6.56. The molecule has 0 radical (unpaired) electrons. The number of hydrogen-bond donors (Lipinski definition) is 0. The Morgan fingerprint density at radius 2 is 1.83 bits per heavy atom. The second-order valence-electron chi connectivity index (χ2n) is 4.99. The van der Waals surface area contributed by atoms with E-state index in [1.54, 1.807) is 0 Å². The Hall–Kier alpha value is -1.61. The molecule has 1 fully saturated rings. The van der Waals surface area contributed by atoms with E-state index in [0.717, 1.165) is 32.7 Å². The van der Waals surface area contributed by atoms with Crippen LogP contribution >= 0.6 is 0 Å². The molecule has 0 spiro atoms. The number of hydrogen-bond acceptors (Lipinski definition) is 3. The molecule has 1 aromatic carbocycles. The Morgan fingerprint density at radius 1 is 1.06 bits per heavy atom. The van der Waals surface area contributed by atoms with Gasteiger partial charge >= 0.3 is 0 Å². The summed E-state index contributed by atoms with van der Waals surface area (Å²) in [7, 11) is 2.19. The quantitative estimate of drug-likeness (QED) is 0.747. The average Bonchev–Trinajstić information content (AvgIpc) is 2.62. The molecule has 18 heavy (non-hydrogen) atoms. The van der Waals surface area contributed by atoms with Crippen LogP contribution in [0.25, 0.3) is 5.70 Å². The predicted molar refractivity (Wildman–Crippen MR) is 75.7 cm³/mol. The number of aliphatic imine (C=N–C) groups is 1. The third-order valence-corrected chi connectivity index (χ3v) is 3.74. The number of piperazine rings is 1. The first-order chi connectivity index (χ1) is 8.84. The molecule has 94 valence electrons. The van der Waals surface area contributed by atoms with Gasteiger partial charge in [-0.3, -0.25) is 4.99 Å². The zero-order chi connectivity index (χ0) is 12.4. The molecule has 2 aliphatic rings. The van der Waals surface area contributed by atoms with Crippen molar-refractivity contribution in [2.24, 2.45) is 4.99 Å². The molecule has 0 unspecified atom stereocenters. The van der Waals surface area contributed by atoms with Crippen molar-refractivity contribution in [3.63, 3.8) is 0 Å². The summed E-state index contributed by atoms with van der Waals surface area (Å²) in [4.78, 5) is 9.30. The first-order valence-corrected chi connectivity index (χ1v) is 6.56. The second kappa shape index (κ2) is 4.94. The molecule has 0 bridgehead atoms. The smallest absolute Gasteiger partial charge is 0.0646 e. The minimum Gasteiger partial charge on any atom is -0.368 e. The number of nitrogens with zero attached hydrogens (tertiary/aromatic N) is 3. The maximum atomic E-state index is 4.43. The zero-order valence-electron chi connectivity index (χ0n) is 10.8. The fourth-order valence-corrected chi connectivity index (χ4v) is 2.60. The third kappa shape index (κ3) is 2.18. The van der Waals surface area contributed by atoms with Gasteiger partial charge in [-0.15, -0.1) is 0 Å². The van der Waals surface area contributed by atoms with Crippen molar-refractivity contribution in [2.45, 2.75) is 6.54 Å². The standard InChI is InChI=1S/C15H19N3/c1-17-8-10-18(11-9-17)15-6-7-16-12-13-4-2-3-5-14(13)15/h2-7H,8-12H2,1H3. The van der Waals surface area contributed by atoms with Gasteiger partial charge < -0.3 is 9.80 Å². The summed E-state index contributed by atoms with van der Waals surface area (Å²) in [5, 5.41) is 0. The number of fused-ring (bicyclic) bond motifs is 1. The van der Waals surface area contributed by atoms with Crippen LogP contribution in [-0.2, 0) is 6.54 Å². The van der Waals surface area contributed by atoms with Gasteiger partial charge in [0, 0.05) is 43.7 Å². The second-order valence-corrected chi connectivity index (χ2v) is 4.99. The van der Waals surface area contributed by atoms with Crippen LogP contribution in [0.1, 0.15) is 11.1 Å². The van der Waals surface area contributed by atoms with Gasteiger partial charge in [-0.05, 0) is 18.7 Å². The molecule has 2 heterocycles. The molecule has 0 N–H and O–H groups in total. The van der Waals surface area contributed by atoms with Gasteiger partial charge in [-0.2, -0.15) is 0 Å². The Morgan fingerprint density at radius 3 is 2.67 bits per heavy atom. The van der Waals surface area contributed by atoms with Gasteiger partial charge in [-0.25, -0.2) is 0 Å². The van der Waals surface area contributed by atoms with E-state index in [0.29, 0.717) is 0 Å². The van der Waals surface area contributed by atoms with Crippen LogP contribution in [0.15, 0.2) is 35.3 Å². The summed E-state index contributed by atoms with van der Waals surface area (Å²) >= 11 is 0. The van der Waals surface area contributed by atoms with Crippen molar-refractivity contribution >= 4 is 11.9 Å². The largest absolute Gasteiger partial charge is 0.368 e. The van der Waals surface area contributed by atoms with Crippen molar-refractivity contribution in [2.75, 3.05) is 33.2 Å². The van der Waals surface area contributed by atoms with E-state index < -0.39 is 0 Å². The van der Waals surface area contributed by atoms with Gasteiger partial charge in [0.1, 0.15) is 0 Å². The molecule has 3 rings (SSSR count). The number of likely N-dealkylation sites (N-methyl/N-ethyl adjacent to an activating group) is 1. The molecule has 0 aliphatic carbocycles. The zero-order valence-corrected chi connectivity index (χ0v) is 10.8. The van der Waals surface area contributed by atoms with Crippen molar-refractivity contribution in [3.8, 4) is 0 Å². The normalized spacial score (nSPS) is 20.3. The summed E-state index contributed by atoms with van der Waals surface area (Å²) in [5.74, 6) is 0. The monoisotopic (exact) mass is 241 g/mol. The first kappa shape index (κ1) is 11.5. The van der Waals surface area contributed by atoms with Gasteiger partial charge in [0.15, 0.2) is 0 Å². The summed E-state index contributed by atoms with van der Waals surface area (Å²) in [6, 6.07) is 8.62. The minimum atomic E-state index is 0.796. The highest BCUT2D eigenvalue weighted by Crippen LogP contribution is 2.25. The molecule has 0 atom stereocenters. The van der Waals surface area contributed by atoms with Crippen LogP contribution in [0.2, 0.25) is 0 Å². The Bertz CT molecular complexity index is 482. The lowest BCUT2D eigenvalue weighted by molar-refractivity contribution is 0.207. The molecule has 3 nitrogen and oxygen atoms in total. The molecule has 3 heteroatoms. The van der Waals surface area contributed by atoms with Crippen molar-refractivity contribution in [1.82, 2.24) is 9.80 Å². The minimum absolute atomic E-state index is 0.796. The third-order valence-electron chi connectivity index (χ3n) is 3.74. The van der Waals surface area contributed by atoms with E-state index in [1.807, 2.05) is 6.21 Å². The van der Waals surface area contributed by atoms with Crippen molar-refractivity contribution < 1.29 is 0 Å². The summed E-state index contributed by atoms with van der Waals surface area (Å²) in [6.07, 6.45) is 4.12. The average molecular weight is 241 g/mol. The summed E-state index contributed by atoms with van der Waals surface area (Å²) in [5.41, 5.74) is 4.01. The van der Waals surface area contributed by atoms with Crippen LogP contribution in [0.3, 0.4) is 0 Å². The Balaban J connectivity index is 1.92. The van der Waals surface area contributed by atoms with E-state index in [2.05, 4.69) is 52.2 Å². The lowest BCUT2D eigenvalue weighted by Crippen LogP contribution is -2.43. The molecule has 1 saturated heterocycles. The van der Waals surface area contributed by atoms with Gasteiger partial charge in [-0.1, -0.05) is 24.3 Å². The number of benzene rings is 1. The van der Waals surface area contributed by atoms with E-state index in [1.165, 1.54) is 16.8 Å². The van der Waals surface area contributed by atoms with Gasteiger partial charge in [0.2, 0.25) is 0 Å². The fourth-order valence-electron chi connectivity index (χ4n) is 2.60. The molecule has 0 aromatic heterocycles. The maximum absolute atomic E-state index is 4.43. The molecule has 1 aromatic rings. The van der Waals surface area contributed by atoms with Crippen LogP contribution < -0.4 is 0 Å². The van der Waals surface area contributed by atoms with Gasteiger partial charge in [0.25, 0.3) is 0 Å². The van der Waals surface area contributed by atoms with Crippen LogP contribution in [-0.4, -0.2) is 49.2 Å². The molecular weight excluding hydrogens is 222 g/mol. The van der Waals surface area contributed by atoms with Crippen LogP contribution in [0.4, 0.5) is 0 Å². The van der Waals surface area contributed by atoms with E-state index in [9.17, 15) is 0 Å². The lowest BCUT2D eigenvalue weighted by Gasteiger charge is -2.35. The predicted octanol–water partition coefficient (Wildman–Crippen LogP) is 1.86. The molecular formula is C15H19N3. The van der Waals surface area contributed by atoms with E-state index in [4.69, 9.17) is 0 Å². The fraction of sp³-hybridized carbons (Fsp3) is 0.400. The highest BCUT2D eigenvalue weighted by Gasteiger charge is 2.19. The summed E-state index contributed by atoms with van der Waals surface area (Å²) in [6.45, 7) is 5.27. The molecule has 0 saturated carbocycles. The number of rotatable bonds is 1.